The quantitative estimate of drug-likeness (QED) is 0.487. The lowest BCUT2D eigenvalue weighted by atomic mass is 9.92. The van der Waals surface area contributed by atoms with E-state index in [0.717, 1.165) is 27.5 Å². The maximum Gasteiger partial charge on any atom is 0.273 e. The first kappa shape index (κ1) is 19.3. The van der Waals surface area contributed by atoms with Crippen molar-refractivity contribution in [2.45, 2.75) is 33.1 Å². The maximum absolute atomic E-state index is 12.7. The molecule has 148 valence electrons. The second kappa shape index (κ2) is 7.12. The van der Waals surface area contributed by atoms with Gasteiger partial charge in [0.15, 0.2) is 0 Å². The minimum atomic E-state index is -0.168. The van der Waals surface area contributed by atoms with Crippen molar-refractivity contribution < 1.29 is 4.79 Å². The third-order valence-electron chi connectivity index (χ3n) is 4.81. The molecule has 4 aromatic rings. The molecular weight excluding hydrogens is 380 g/mol. The fourth-order valence-electron chi connectivity index (χ4n) is 3.09. The van der Waals surface area contributed by atoms with E-state index in [2.05, 4.69) is 56.3 Å². The van der Waals surface area contributed by atoms with Crippen LogP contribution in [0.3, 0.4) is 0 Å². The summed E-state index contributed by atoms with van der Waals surface area (Å²) in [5.41, 5.74) is 5.36. The summed E-state index contributed by atoms with van der Waals surface area (Å²) in [6.07, 6.45) is 0. The van der Waals surface area contributed by atoms with Gasteiger partial charge in [0.1, 0.15) is 10.7 Å². The van der Waals surface area contributed by atoms with Crippen LogP contribution in [0.1, 0.15) is 42.5 Å². The zero-order valence-corrected chi connectivity index (χ0v) is 18.1. The highest BCUT2D eigenvalue weighted by Gasteiger charge is 2.21. The highest BCUT2D eigenvalue weighted by atomic mass is 32.1. The summed E-state index contributed by atoms with van der Waals surface area (Å²) in [7, 11) is 1.79. The summed E-state index contributed by atoms with van der Waals surface area (Å²) < 4.78 is 2.82. The average Bonchev–Trinajstić information content (AvgIpc) is 3.25. The molecule has 0 saturated heterocycles. The van der Waals surface area contributed by atoms with Gasteiger partial charge in [0.05, 0.1) is 15.9 Å². The Kier molecular flexibility index (Phi) is 4.74. The molecule has 0 spiro atoms. The summed E-state index contributed by atoms with van der Waals surface area (Å²) in [4.78, 5) is 17.4. The molecule has 29 heavy (non-hydrogen) atoms. The molecule has 4 rings (SSSR count). The average molecular weight is 405 g/mol. The molecule has 2 aromatic heterocycles. The lowest BCUT2D eigenvalue weighted by molar-refractivity contribution is 0.101. The molecule has 0 unspecified atom stereocenters. The van der Waals surface area contributed by atoms with Crippen LogP contribution in [0.25, 0.3) is 20.8 Å². The minimum Gasteiger partial charge on any atom is -0.321 e. The van der Waals surface area contributed by atoms with Crippen LogP contribution < -0.4 is 5.32 Å². The van der Waals surface area contributed by atoms with Gasteiger partial charge in [-0.15, -0.1) is 11.3 Å². The smallest absolute Gasteiger partial charge is 0.273 e. The Morgan fingerprint density at radius 1 is 1.07 bits per heavy atom. The summed E-state index contributed by atoms with van der Waals surface area (Å²) >= 11 is 1.68. The standard InChI is InChI=1S/C23H24N4OS/c1-14-6-11-17-19(12-14)29-22(25-17)15-7-9-16(10-8-15)24-21(28)18-13-20(23(2,3)4)26-27(18)5/h6-13H,1-5H3,(H,24,28). The zero-order valence-electron chi connectivity index (χ0n) is 17.3. The van der Waals surface area contributed by atoms with E-state index in [0.29, 0.717) is 5.69 Å². The predicted octanol–water partition coefficient (Wildman–Crippen LogP) is 5.56. The third kappa shape index (κ3) is 3.93. The Bertz CT molecular complexity index is 1200. The number of nitrogens with zero attached hydrogens (tertiary/aromatic N) is 3. The van der Waals surface area contributed by atoms with Gasteiger partial charge in [0, 0.05) is 23.7 Å². The van der Waals surface area contributed by atoms with Gasteiger partial charge >= 0.3 is 0 Å². The van der Waals surface area contributed by atoms with Crippen molar-refractivity contribution in [3.8, 4) is 10.6 Å². The van der Waals surface area contributed by atoms with Crippen LogP contribution in [0, 0.1) is 6.92 Å². The van der Waals surface area contributed by atoms with Gasteiger partial charge in [-0.3, -0.25) is 9.48 Å². The monoisotopic (exact) mass is 404 g/mol. The van der Waals surface area contributed by atoms with E-state index < -0.39 is 0 Å². The molecular formula is C23H24N4OS. The van der Waals surface area contributed by atoms with E-state index in [-0.39, 0.29) is 11.3 Å². The second-order valence-corrected chi connectivity index (χ2v) is 9.34. The Labute approximate surface area is 174 Å². The summed E-state index contributed by atoms with van der Waals surface area (Å²) in [5, 5.41) is 8.41. The number of benzene rings is 2. The highest BCUT2D eigenvalue weighted by Crippen LogP contribution is 2.31. The minimum absolute atomic E-state index is 0.103. The topological polar surface area (TPSA) is 59.8 Å². The first-order chi connectivity index (χ1) is 13.7. The van der Waals surface area contributed by atoms with Gasteiger partial charge in [-0.05, 0) is 55.0 Å². The van der Waals surface area contributed by atoms with Crippen LogP contribution >= 0.6 is 11.3 Å². The van der Waals surface area contributed by atoms with E-state index in [4.69, 9.17) is 4.98 Å². The molecule has 0 aliphatic carbocycles. The van der Waals surface area contributed by atoms with E-state index >= 15 is 0 Å². The lowest BCUT2D eigenvalue weighted by Gasteiger charge is -2.13. The van der Waals surface area contributed by atoms with Crippen molar-refractivity contribution in [1.82, 2.24) is 14.8 Å². The molecule has 0 fully saturated rings. The van der Waals surface area contributed by atoms with Crippen LogP contribution in [0.4, 0.5) is 5.69 Å². The van der Waals surface area contributed by atoms with Crippen LogP contribution in [0.2, 0.25) is 0 Å². The fourth-order valence-corrected chi connectivity index (χ4v) is 4.16. The largest absolute Gasteiger partial charge is 0.321 e. The number of carbonyl (C=O) groups excluding carboxylic acids is 1. The number of hydrogen-bond acceptors (Lipinski definition) is 4. The molecule has 0 atom stereocenters. The second-order valence-electron chi connectivity index (χ2n) is 8.31. The molecule has 1 N–H and O–H groups in total. The Morgan fingerprint density at radius 3 is 2.45 bits per heavy atom. The van der Waals surface area contributed by atoms with Gasteiger partial charge in [0.25, 0.3) is 5.91 Å². The molecule has 1 amide bonds. The van der Waals surface area contributed by atoms with Gasteiger partial charge in [-0.2, -0.15) is 5.10 Å². The number of fused-ring (bicyclic) bond motifs is 1. The first-order valence-corrected chi connectivity index (χ1v) is 10.4. The number of thiazole rings is 1. The number of amides is 1. The third-order valence-corrected chi connectivity index (χ3v) is 5.88. The summed E-state index contributed by atoms with van der Waals surface area (Å²) in [6.45, 7) is 8.33. The van der Waals surface area contributed by atoms with E-state index in [1.807, 2.05) is 30.3 Å². The maximum atomic E-state index is 12.7. The van der Waals surface area contributed by atoms with Gasteiger partial charge in [-0.1, -0.05) is 26.8 Å². The molecule has 2 heterocycles. The van der Waals surface area contributed by atoms with Crippen molar-refractivity contribution in [2.75, 3.05) is 5.32 Å². The van der Waals surface area contributed by atoms with E-state index in [9.17, 15) is 4.79 Å². The number of carbonyl (C=O) groups is 1. The van der Waals surface area contributed by atoms with Crippen molar-refractivity contribution in [1.29, 1.82) is 0 Å². The number of aryl methyl sites for hydroxylation is 2. The molecule has 0 saturated carbocycles. The molecule has 5 nitrogen and oxygen atoms in total. The van der Waals surface area contributed by atoms with Crippen LogP contribution in [0.15, 0.2) is 48.5 Å². The molecule has 0 bridgehead atoms. The van der Waals surface area contributed by atoms with Crippen molar-refractivity contribution >= 4 is 33.1 Å². The molecule has 2 aromatic carbocycles. The van der Waals surface area contributed by atoms with Crippen molar-refractivity contribution in [3.05, 3.63) is 65.5 Å². The lowest BCUT2D eigenvalue weighted by Crippen LogP contribution is -2.15. The number of rotatable bonds is 3. The first-order valence-electron chi connectivity index (χ1n) is 9.54. The number of anilines is 1. The number of aromatic nitrogens is 3. The van der Waals surface area contributed by atoms with Crippen LogP contribution in [0.5, 0.6) is 0 Å². The predicted molar refractivity (Wildman–Crippen MR) is 120 cm³/mol. The van der Waals surface area contributed by atoms with E-state index in [1.54, 1.807) is 23.1 Å². The fraction of sp³-hybridized carbons (Fsp3) is 0.261. The molecule has 0 aliphatic rings. The van der Waals surface area contributed by atoms with Crippen LogP contribution in [-0.2, 0) is 12.5 Å². The Hall–Kier alpha value is -2.99. The Morgan fingerprint density at radius 2 is 1.79 bits per heavy atom. The van der Waals surface area contributed by atoms with Crippen LogP contribution in [-0.4, -0.2) is 20.7 Å². The van der Waals surface area contributed by atoms with Crippen molar-refractivity contribution in [3.63, 3.8) is 0 Å². The zero-order chi connectivity index (χ0) is 20.8. The SMILES string of the molecule is Cc1ccc2nc(-c3ccc(NC(=O)c4cc(C(C)(C)C)nn4C)cc3)sc2c1. The number of hydrogen-bond donors (Lipinski definition) is 1. The molecule has 0 aliphatic heterocycles. The normalized spacial score (nSPS) is 11.8. The molecule has 6 heteroatoms. The summed E-state index contributed by atoms with van der Waals surface area (Å²) in [5.74, 6) is -0.168. The highest BCUT2D eigenvalue weighted by molar-refractivity contribution is 7.21. The Balaban J connectivity index is 1.53. The number of nitrogens with one attached hydrogen (secondary N) is 1. The van der Waals surface area contributed by atoms with E-state index in [1.165, 1.54) is 10.3 Å². The van der Waals surface area contributed by atoms with Gasteiger partial charge in [-0.25, -0.2) is 4.98 Å². The summed E-state index contributed by atoms with van der Waals surface area (Å²) in [6, 6.07) is 15.9. The van der Waals surface area contributed by atoms with Crippen molar-refractivity contribution in [2.24, 2.45) is 7.05 Å². The van der Waals surface area contributed by atoms with Gasteiger partial charge < -0.3 is 5.32 Å². The van der Waals surface area contributed by atoms with Gasteiger partial charge in [0.2, 0.25) is 0 Å². The molecule has 0 radical (unpaired) electrons.